The van der Waals surface area contributed by atoms with Gasteiger partial charge in [0.25, 0.3) is 0 Å². The highest BCUT2D eigenvalue weighted by Gasteiger charge is 2.31. The molecule has 0 spiro atoms. The van der Waals surface area contributed by atoms with Crippen LogP contribution in [-0.2, 0) is 4.79 Å². The fourth-order valence-electron chi connectivity index (χ4n) is 1.86. The van der Waals surface area contributed by atoms with E-state index in [-0.39, 0.29) is 19.0 Å². The molecule has 2 N–H and O–H groups in total. The van der Waals surface area contributed by atoms with Gasteiger partial charge in [-0.25, -0.2) is 0 Å². The first kappa shape index (κ1) is 12.6. The summed E-state index contributed by atoms with van der Waals surface area (Å²) in [7, 11) is 0. The molecule has 2 aromatic rings. The molecule has 0 aliphatic heterocycles. The molecule has 0 fully saturated rings. The van der Waals surface area contributed by atoms with Gasteiger partial charge in [-0.05, 0) is 24.3 Å². The first-order valence-corrected chi connectivity index (χ1v) is 5.60. The molecule has 5 nitrogen and oxygen atoms in total. The number of Topliss-reactive ketones (excluding diaryl/α,β-unsaturated/α-hetero) is 1. The molecule has 0 radical (unpaired) electrons. The van der Waals surface area contributed by atoms with Crippen LogP contribution in [0.2, 0.25) is 0 Å². The summed E-state index contributed by atoms with van der Waals surface area (Å²) < 4.78 is 10.3. The molecule has 0 saturated carbocycles. The highest BCUT2D eigenvalue weighted by Crippen LogP contribution is 2.26. The first-order chi connectivity index (χ1) is 8.77. The molecule has 18 heavy (non-hydrogen) atoms. The van der Waals surface area contributed by atoms with Crippen LogP contribution in [0.25, 0.3) is 0 Å². The number of aliphatic hydroxyl groups is 2. The maximum Gasteiger partial charge on any atom is 0.158 e. The molecule has 2 heterocycles. The van der Waals surface area contributed by atoms with Crippen molar-refractivity contribution in [2.75, 3.05) is 13.2 Å². The summed E-state index contributed by atoms with van der Waals surface area (Å²) >= 11 is 0. The second-order valence-electron chi connectivity index (χ2n) is 3.90. The number of furan rings is 2. The number of hydrogen-bond acceptors (Lipinski definition) is 5. The van der Waals surface area contributed by atoms with Crippen LogP contribution in [0.5, 0.6) is 0 Å². The smallest absolute Gasteiger partial charge is 0.158 e. The van der Waals surface area contributed by atoms with Crippen LogP contribution in [0.4, 0.5) is 0 Å². The normalized spacial score (nSPS) is 14.3. The minimum absolute atomic E-state index is 0.329. The molecular weight excluding hydrogens is 236 g/mol. The number of aliphatic hydroxyl groups excluding tert-OH is 2. The molecule has 5 heteroatoms. The van der Waals surface area contributed by atoms with Crippen LogP contribution < -0.4 is 0 Å². The Kier molecular flexibility index (Phi) is 3.96. The van der Waals surface area contributed by atoms with Gasteiger partial charge in [0.05, 0.1) is 37.6 Å². The van der Waals surface area contributed by atoms with Crippen LogP contribution >= 0.6 is 0 Å². The van der Waals surface area contributed by atoms with Gasteiger partial charge in [0, 0.05) is 0 Å². The summed E-state index contributed by atoms with van der Waals surface area (Å²) in [5, 5.41) is 18.6. The van der Waals surface area contributed by atoms with Gasteiger partial charge >= 0.3 is 0 Å². The number of rotatable bonds is 6. The summed E-state index contributed by atoms with van der Waals surface area (Å²) in [5.41, 5.74) is 0. The van der Waals surface area contributed by atoms with Crippen molar-refractivity contribution < 1.29 is 23.8 Å². The van der Waals surface area contributed by atoms with Crippen LogP contribution in [0.3, 0.4) is 0 Å². The topological polar surface area (TPSA) is 83.8 Å². The fraction of sp³-hybridized carbons (Fsp3) is 0.308. The molecule has 2 rings (SSSR count). The van der Waals surface area contributed by atoms with Gasteiger partial charge < -0.3 is 19.0 Å². The molecular formula is C13H14O5. The SMILES string of the molecule is O=C(C(CO)c1ccco1)C(CO)c1ccco1. The van der Waals surface area contributed by atoms with Crippen molar-refractivity contribution in [2.45, 2.75) is 11.8 Å². The monoisotopic (exact) mass is 250 g/mol. The van der Waals surface area contributed by atoms with Crippen molar-refractivity contribution in [3.63, 3.8) is 0 Å². The Morgan fingerprint density at radius 3 is 1.72 bits per heavy atom. The van der Waals surface area contributed by atoms with Gasteiger partial charge in [0.1, 0.15) is 11.5 Å². The summed E-state index contributed by atoms with van der Waals surface area (Å²) in [5.74, 6) is -1.14. The van der Waals surface area contributed by atoms with Crippen LogP contribution in [0.1, 0.15) is 23.4 Å². The Hall–Kier alpha value is -1.85. The Balaban J connectivity index is 2.23. The molecule has 2 aromatic heterocycles. The second kappa shape index (κ2) is 5.66. The highest BCUT2D eigenvalue weighted by molar-refractivity contribution is 5.91. The van der Waals surface area contributed by atoms with Crippen molar-refractivity contribution >= 4 is 5.78 Å². The number of ketones is 1. The third kappa shape index (κ3) is 2.37. The summed E-state index contributed by atoms with van der Waals surface area (Å²) in [6.45, 7) is -0.743. The zero-order chi connectivity index (χ0) is 13.0. The maximum atomic E-state index is 12.3. The molecule has 0 aliphatic carbocycles. The van der Waals surface area contributed by atoms with Gasteiger partial charge in [0.2, 0.25) is 0 Å². The Bertz CT molecular complexity index is 427. The van der Waals surface area contributed by atoms with Crippen molar-refractivity contribution in [3.05, 3.63) is 48.3 Å². The number of carbonyl (C=O) groups is 1. The standard InChI is InChI=1S/C13H14O5/c14-7-9(11-3-1-5-17-11)13(16)10(8-15)12-4-2-6-18-12/h1-6,9-10,14-15H,7-8H2. The van der Waals surface area contributed by atoms with E-state index >= 15 is 0 Å². The van der Waals surface area contributed by atoms with Crippen LogP contribution in [0, 0.1) is 0 Å². The summed E-state index contributed by atoms with van der Waals surface area (Å²) in [6, 6.07) is 6.53. The summed E-state index contributed by atoms with van der Waals surface area (Å²) in [6.07, 6.45) is 2.87. The van der Waals surface area contributed by atoms with Crippen LogP contribution in [-0.4, -0.2) is 29.2 Å². The quantitative estimate of drug-likeness (QED) is 0.807. The van der Waals surface area contributed by atoms with E-state index in [1.165, 1.54) is 12.5 Å². The van der Waals surface area contributed by atoms with E-state index in [4.69, 9.17) is 8.83 Å². The van der Waals surface area contributed by atoms with Crippen LogP contribution in [0.15, 0.2) is 45.6 Å². The Labute approximate surface area is 104 Å². The number of hydrogen-bond donors (Lipinski definition) is 2. The molecule has 0 saturated heterocycles. The Morgan fingerprint density at radius 1 is 1.00 bits per heavy atom. The molecule has 0 amide bonds. The summed E-state index contributed by atoms with van der Waals surface area (Å²) in [4.78, 5) is 12.3. The molecule has 96 valence electrons. The lowest BCUT2D eigenvalue weighted by molar-refractivity contribution is -0.124. The predicted molar refractivity (Wildman–Crippen MR) is 62.1 cm³/mol. The van der Waals surface area contributed by atoms with Gasteiger partial charge in [-0.1, -0.05) is 0 Å². The average molecular weight is 250 g/mol. The minimum Gasteiger partial charge on any atom is -0.469 e. The van der Waals surface area contributed by atoms with E-state index in [9.17, 15) is 15.0 Å². The molecule has 0 aromatic carbocycles. The lowest BCUT2D eigenvalue weighted by atomic mass is 9.90. The zero-order valence-corrected chi connectivity index (χ0v) is 9.65. The molecule has 0 bridgehead atoms. The molecule has 2 atom stereocenters. The van der Waals surface area contributed by atoms with E-state index in [2.05, 4.69) is 0 Å². The Morgan fingerprint density at radius 2 is 1.44 bits per heavy atom. The highest BCUT2D eigenvalue weighted by atomic mass is 16.3. The number of carbonyl (C=O) groups excluding carboxylic acids is 1. The fourth-order valence-corrected chi connectivity index (χ4v) is 1.86. The van der Waals surface area contributed by atoms with E-state index in [0.717, 1.165) is 0 Å². The maximum absolute atomic E-state index is 12.3. The van der Waals surface area contributed by atoms with Crippen molar-refractivity contribution in [1.29, 1.82) is 0 Å². The van der Waals surface area contributed by atoms with E-state index in [1.807, 2.05) is 0 Å². The third-order valence-electron chi connectivity index (χ3n) is 2.83. The van der Waals surface area contributed by atoms with Gasteiger partial charge in [-0.2, -0.15) is 0 Å². The lowest BCUT2D eigenvalue weighted by Gasteiger charge is -2.16. The van der Waals surface area contributed by atoms with E-state index < -0.39 is 11.8 Å². The minimum atomic E-state index is -0.790. The van der Waals surface area contributed by atoms with Gasteiger partial charge in [-0.15, -0.1) is 0 Å². The zero-order valence-electron chi connectivity index (χ0n) is 9.65. The molecule has 0 aliphatic rings. The van der Waals surface area contributed by atoms with Crippen molar-refractivity contribution in [1.82, 2.24) is 0 Å². The first-order valence-electron chi connectivity index (χ1n) is 5.60. The van der Waals surface area contributed by atoms with Gasteiger partial charge in [0.15, 0.2) is 5.78 Å². The lowest BCUT2D eigenvalue weighted by Crippen LogP contribution is -2.25. The predicted octanol–water partition coefficient (Wildman–Crippen LogP) is 1.29. The van der Waals surface area contributed by atoms with Crippen molar-refractivity contribution in [2.24, 2.45) is 0 Å². The average Bonchev–Trinajstić information content (AvgIpc) is 3.03. The van der Waals surface area contributed by atoms with Gasteiger partial charge in [-0.3, -0.25) is 4.79 Å². The molecule has 2 unspecified atom stereocenters. The third-order valence-corrected chi connectivity index (χ3v) is 2.83. The second-order valence-corrected chi connectivity index (χ2v) is 3.90. The van der Waals surface area contributed by atoms with E-state index in [0.29, 0.717) is 11.5 Å². The largest absolute Gasteiger partial charge is 0.469 e. The van der Waals surface area contributed by atoms with Crippen molar-refractivity contribution in [3.8, 4) is 0 Å². The van der Waals surface area contributed by atoms with E-state index in [1.54, 1.807) is 24.3 Å².